The summed E-state index contributed by atoms with van der Waals surface area (Å²) >= 11 is 0. The van der Waals surface area contributed by atoms with Gasteiger partial charge in [-0.1, -0.05) is 26.2 Å². The summed E-state index contributed by atoms with van der Waals surface area (Å²) in [6.45, 7) is 2.86. The maximum atomic E-state index is 11.1. The predicted molar refractivity (Wildman–Crippen MR) is 61.0 cm³/mol. The van der Waals surface area contributed by atoms with Crippen LogP contribution in [-0.4, -0.2) is 23.5 Å². The number of rotatable bonds is 5. The van der Waals surface area contributed by atoms with Gasteiger partial charge in [-0.3, -0.25) is 9.59 Å². The minimum Gasteiger partial charge on any atom is -0.481 e. The van der Waals surface area contributed by atoms with Crippen molar-refractivity contribution in [1.82, 2.24) is 5.32 Å². The summed E-state index contributed by atoms with van der Waals surface area (Å²) in [6, 6.07) is 0. The molecule has 4 nitrogen and oxygen atoms in total. The van der Waals surface area contributed by atoms with Gasteiger partial charge in [0.1, 0.15) is 6.42 Å². The zero-order valence-corrected chi connectivity index (χ0v) is 9.87. The van der Waals surface area contributed by atoms with E-state index in [1.165, 1.54) is 19.3 Å². The Morgan fingerprint density at radius 2 is 1.75 bits per heavy atom. The van der Waals surface area contributed by atoms with Gasteiger partial charge in [0.2, 0.25) is 5.91 Å². The van der Waals surface area contributed by atoms with E-state index < -0.39 is 12.4 Å². The van der Waals surface area contributed by atoms with Crippen LogP contribution in [0, 0.1) is 11.8 Å². The van der Waals surface area contributed by atoms with E-state index in [-0.39, 0.29) is 5.91 Å². The van der Waals surface area contributed by atoms with Gasteiger partial charge in [-0.2, -0.15) is 0 Å². The Morgan fingerprint density at radius 3 is 2.25 bits per heavy atom. The van der Waals surface area contributed by atoms with Gasteiger partial charge in [-0.05, 0) is 24.7 Å². The average Bonchev–Trinajstić information content (AvgIpc) is 2.26. The SMILES string of the molecule is CCC1CCC(CNC(=O)CC(=O)O)CC1. The van der Waals surface area contributed by atoms with Crippen molar-refractivity contribution >= 4 is 11.9 Å². The quantitative estimate of drug-likeness (QED) is 0.704. The van der Waals surface area contributed by atoms with E-state index in [0.29, 0.717) is 12.5 Å². The zero-order valence-electron chi connectivity index (χ0n) is 9.87. The number of carbonyl (C=O) groups excluding carboxylic acids is 1. The third kappa shape index (κ3) is 4.64. The van der Waals surface area contributed by atoms with Gasteiger partial charge < -0.3 is 10.4 Å². The first kappa shape index (κ1) is 13.0. The van der Waals surface area contributed by atoms with Crippen molar-refractivity contribution in [2.45, 2.75) is 45.4 Å². The minimum atomic E-state index is -1.06. The number of carboxylic acids is 1. The van der Waals surface area contributed by atoms with Gasteiger partial charge in [0.25, 0.3) is 0 Å². The van der Waals surface area contributed by atoms with Crippen LogP contribution in [-0.2, 0) is 9.59 Å². The third-order valence-corrected chi connectivity index (χ3v) is 3.44. The molecule has 0 aromatic heterocycles. The van der Waals surface area contributed by atoms with E-state index in [9.17, 15) is 9.59 Å². The molecule has 0 unspecified atom stereocenters. The zero-order chi connectivity index (χ0) is 12.0. The highest BCUT2D eigenvalue weighted by Crippen LogP contribution is 2.29. The van der Waals surface area contributed by atoms with Crippen LogP contribution in [0.2, 0.25) is 0 Å². The van der Waals surface area contributed by atoms with Crippen LogP contribution in [0.25, 0.3) is 0 Å². The van der Waals surface area contributed by atoms with Gasteiger partial charge in [0, 0.05) is 6.54 Å². The highest BCUT2D eigenvalue weighted by Gasteiger charge is 2.20. The Balaban J connectivity index is 2.14. The lowest BCUT2D eigenvalue weighted by Gasteiger charge is -2.27. The number of amides is 1. The molecule has 0 spiro atoms. The summed E-state index contributed by atoms with van der Waals surface area (Å²) in [7, 11) is 0. The molecule has 1 saturated carbocycles. The molecule has 0 aromatic rings. The second-order valence-corrected chi connectivity index (χ2v) is 4.67. The second kappa shape index (κ2) is 6.51. The highest BCUT2D eigenvalue weighted by molar-refractivity contribution is 5.93. The summed E-state index contributed by atoms with van der Waals surface area (Å²) in [5.41, 5.74) is 0. The summed E-state index contributed by atoms with van der Waals surface area (Å²) in [4.78, 5) is 21.4. The fraction of sp³-hybridized carbons (Fsp3) is 0.833. The van der Waals surface area contributed by atoms with E-state index >= 15 is 0 Å². The van der Waals surface area contributed by atoms with Crippen molar-refractivity contribution < 1.29 is 14.7 Å². The van der Waals surface area contributed by atoms with Crippen molar-refractivity contribution in [2.24, 2.45) is 11.8 Å². The number of aliphatic carboxylic acids is 1. The Morgan fingerprint density at radius 1 is 1.19 bits per heavy atom. The van der Waals surface area contributed by atoms with Crippen LogP contribution in [0.3, 0.4) is 0 Å². The molecule has 0 radical (unpaired) electrons. The lowest BCUT2D eigenvalue weighted by molar-refractivity contribution is -0.140. The molecule has 1 fully saturated rings. The smallest absolute Gasteiger partial charge is 0.312 e. The van der Waals surface area contributed by atoms with Gasteiger partial charge in [0.05, 0.1) is 0 Å². The van der Waals surface area contributed by atoms with Crippen LogP contribution in [0.4, 0.5) is 0 Å². The second-order valence-electron chi connectivity index (χ2n) is 4.67. The Labute approximate surface area is 96.4 Å². The molecule has 0 bridgehead atoms. The number of nitrogens with one attached hydrogen (secondary N) is 1. The first-order valence-corrected chi connectivity index (χ1v) is 6.10. The molecule has 0 atom stereocenters. The lowest BCUT2D eigenvalue weighted by Crippen LogP contribution is -2.32. The predicted octanol–water partition coefficient (Wildman–Crippen LogP) is 1.79. The molecule has 0 aromatic carbocycles. The van der Waals surface area contributed by atoms with Gasteiger partial charge >= 0.3 is 5.97 Å². The summed E-state index contributed by atoms with van der Waals surface area (Å²) in [5.74, 6) is -0.0381. The fourth-order valence-corrected chi connectivity index (χ4v) is 2.30. The summed E-state index contributed by atoms with van der Waals surface area (Å²) in [5, 5.41) is 11.1. The molecule has 0 aliphatic heterocycles. The Bertz CT molecular complexity index is 245. The number of hydrogen-bond donors (Lipinski definition) is 2. The van der Waals surface area contributed by atoms with Crippen LogP contribution in [0.1, 0.15) is 45.4 Å². The maximum Gasteiger partial charge on any atom is 0.312 e. The first-order valence-electron chi connectivity index (χ1n) is 6.10. The normalized spacial score (nSPS) is 25.1. The topological polar surface area (TPSA) is 66.4 Å². The van der Waals surface area contributed by atoms with Gasteiger partial charge in [-0.15, -0.1) is 0 Å². The van der Waals surface area contributed by atoms with Crippen molar-refractivity contribution in [2.75, 3.05) is 6.54 Å². The molecular formula is C12H21NO3. The molecule has 2 N–H and O–H groups in total. The van der Waals surface area contributed by atoms with E-state index in [1.54, 1.807) is 0 Å². The largest absolute Gasteiger partial charge is 0.481 e. The van der Waals surface area contributed by atoms with Crippen LogP contribution in [0.5, 0.6) is 0 Å². The first-order chi connectivity index (χ1) is 7.61. The van der Waals surface area contributed by atoms with Gasteiger partial charge in [-0.25, -0.2) is 0 Å². The number of carboxylic acid groups (broad SMARTS) is 1. The van der Waals surface area contributed by atoms with Crippen molar-refractivity contribution in [1.29, 1.82) is 0 Å². The molecule has 0 saturated heterocycles. The molecule has 4 heteroatoms. The van der Waals surface area contributed by atoms with Crippen molar-refractivity contribution in [3.63, 3.8) is 0 Å². The average molecular weight is 227 g/mol. The molecule has 1 aliphatic carbocycles. The van der Waals surface area contributed by atoms with Crippen LogP contribution in [0.15, 0.2) is 0 Å². The molecular weight excluding hydrogens is 206 g/mol. The molecule has 1 amide bonds. The summed E-state index contributed by atoms with van der Waals surface area (Å²) < 4.78 is 0. The highest BCUT2D eigenvalue weighted by atomic mass is 16.4. The Kier molecular flexibility index (Phi) is 5.29. The number of hydrogen-bond acceptors (Lipinski definition) is 2. The van der Waals surface area contributed by atoms with E-state index in [4.69, 9.17) is 5.11 Å². The standard InChI is InChI=1S/C12H21NO3/c1-2-9-3-5-10(6-4-9)8-13-11(14)7-12(15)16/h9-10H,2-8H2,1H3,(H,13,14)(H,15,16). The number of carbonyl (C=O) groups is 2. The van der Waals surface area contributed by atoms with E-state index in [1.807, 2.05) is 0 Å². The fourth-order valence-electron chi connectivity index (χ4n) is 2.30. The molecule has 0 heterocycles. The minimum absolute atomic E-state index is 0.370. The van der Waals surface area contributed by atoms with Crippen molar-refractivity contribution in [3.05, 3.63) is 0 Å². The van der Waals surface area contributed by atoms with Gasteiger partial charge in [0.15, 0.2) is 0 Å². The maximum absolute atomic E-state index is 11.1. The van der Waals surface area contributed by atoms with Crippen LogP contribution >= 0.6 is 0 Å². The lowest BCUT2D eigenvalue weighted by atomic mass is 9.81. The van der Waals surface area contributed by atoms with E-state index in [2.05, 4.69) is 12.2 Å². The Hall–Kier alpha value is -1.06. The third-order valence-electron chi connectivity index (χ3n) is 3.44. The molecule has 92 valence electrons. The molecule has 16 heavy (non-hydrogen) atoms. The summed E-state index contributed by atoms with van der Waals surface area (Å²) in [6.07, 6.45) is 5.64. The molecule has 1 aliphatic rings. The van der Waals surface area contributed by atoms with E-state index in [0.717, 1.165) is 18.8 Å². The molecule has 1 rings (SSSR count). The monoisotopic (exact) mass is 227 g/mol. The van der Waals surface area contributed by atoms with Crippen molar-refractivity contribution in [3.8, 4) is 0 Å². The van der Waals surface area contributed by atoms with Crippen LogP contribution < -0.4 is 5.32 Å².